The minimum absolute atomic E-state index is 0.363. The van der Waals surface area contributed by atoms with Gasteiger partial charge in [0.05, 0.1) is 6.20 Å². The van der Waals surface area contributed by atoms with Crippen molar-refractivity contribution in [3.8, 4) is 0 Å². The van der Waals surface area contributed by atoms with Gasteiger partial charge in [0.15, 0.2) is 0 Å². The van der Waals surface area contributed by atoms with Crippen LogP contribution < -0.4 is 5.43 Å². The monoisotopic (exact) mass is 324 g/mol. The maximum Gasteiger partial charge on any atom is 0.120 e. The summed E-state index contributed by atoms with van der Waals surface area (Å²) in [5, 5.41) is 2.04. The molecule has 0 atom stereocenters. The van der Waals surface area contributed by atoms with Crippen LogP contribution in [0, 0.1) is 0 Å². The molecule has 76 valence electrons. The molecule has 0 aliphatic carbocycles. The molecule has 0 unspecified atom stereocenters. The summed E-state index contributed by atoms with van der Waals surface area (Å²) < 4.78 is 2.52. The lowest BCUT2D eigenvalue weighted by molar-refractivity contribution is 0.249. The van der Waals surface area contributed by atoms with Crippen LogP contribution in [-0.4, -0.2) is 21.8 Å². The Kier molecular flexibility index (Phi) is 2.61. The summed E-state index contributed by atoms with van der Waals surface area (Å²) in [6.07, 6.45) is 3.40. The Bertz CT molecular complexity index is 347. The lowest BCUT2D eigenvalue weighted by Gasteiger charge is -2.27. The Balaban J connectivity index is 2.38. The first-order chi connectivity index (χ1) is 6.61. The molecule has 0 aromatic carbocycles. The molecular formula is C8H10ClIN4. The summed E-state index contributed by atoms with van der Waals surface area (Å²) in [4.78, 5) is 4.06. The molecule has 0 radical (unpaired) electrons. The molecule has 0 aromatic heterocycles. The highest BCUT2D eigenvalue weighted by Crippen LogP contribution is 2.34. The second-order valence-electron chi connectivity index (χ2n) is 3.33. The van der Waals surface area contributed by atoms with Gasteiger partial charge in [-0.25, -0.2) is 9.41 Å². The van der Waals surface area contributed by atoms with Gasteiger partial charge < -0.3 is 0 Å². The van der Waals surface area contributed by atoms with Crippen LogP contribution in [0.1, 0.15) is 13.8 Å². The van der Waals surface area contributed by atoms with Gasteiger partial charge in [0, 0.05) is 17.8 Å². The van der Waals surface area contributed by atoms with E-state index in [-0.39, 0.29) is 0 Å². The summed E-state index contributed by atoms with van der Waals surface area (Å²) >= 11 is 8.22. The highest BCUT2D eigenvalue weighted by Gasteiger charge is 2.31. The summed E-state index contributed by atoms with van der Waals surface area (Å²) in [6.45, 7) is 4.22. The van der Waals surface area contributed by atoms with Crippen molar-refractivity contribution in [3.05, 3.63) is 21.3 Å². The minimum atomic E-state index is 0.363. The smallest absolute Gasteiger partial charge is 0.120 e. The largest absolute Gasteiger partial charge is 0.290 e. The third-order valence-electron chi connectivity index (χ3n) is 2.02. The lowest BCUT2D eigenvalue weighted by atomic mass is 10.3. The molecule has 0 amide bonds. The SMILES string of the molecule is CC(C)N1NC(I)=C2C1=CN=CN2Cl. The van der Waals surface area contributed by atoms with E-state index >= 15 is 0 Å². The van der Waals surface area contributed by atoms with Crippen molar-refractivity contribution in [1.82, 2.24) is 14.9 Å². The van der Waals surface area contributed by atoms with Gasteiger partial charge in [-0.3, -0.25) is 10.4 Å². The predicted octanol–water partition coefficient (Wildman–Crippen LogP) is 2.16. The predicted molar refractivity (Wildman–Crippen MR) is 65.4 cm³/mol. The van der Waals surface area contributed by atoms with E-state index in [1.807, 2.05) is 11.2 Å². The first-order valence-electron chi connectivity index (χ1n) is 4.26. The molecule has 2 heterocycles. The molecule has 2 aliphatic rings. The maximum absolute atomic E-state index is 6.00. The molecule has 0 saturated heterocycles. The molecule has 0 aromatic rings. The molecule has 0 bridgehead atoms. The van der Waals surface area contributed by atoms with Gasteiger partial charge >= 0.3 is 0 Å². The fraction of sp³-hybridized carbons (Fsp3) is 0.375. The molecular weight excluding hydrogens is 314 g/mol. The van der Waals surface area contributed by atoms with E-state index in [0.717, 1.165) is 15.1 Å². The van der Waals surface area contributed by atoms with E-state index in [4.69, 9.17) is 11.8 Å². The number of fused-ring (bicyclic) bond motifs is 1. The number of rotatable bonds is 1. The fourth-order valence-corrected chi connectivity index (χ4v) is 2.56. The van der Waals surface area contributed by atoms with Gasteiger partial charge in [-0.1, -0.05) is 0 Å². The quantitative estimate of drug-likeness (QED) is 0.455. The normalized spacial score (nSPS) is 20.2. The minimum Gasteiger partial charge on any atom is -0.290 e. The summed E-state index contributed by atoms with van der Waals surface area (Å²) in [5.41, 5.74) is 5.24. The molecule has 0 spiro atoms. The first kappa shape index (κ1) is 10.1. The average molecular weight is 325 g/mol. The van der Waals surface area contributed by atoms with Crippen molar-refractivity contribution in [3.63, 3.8) is 0 Å². The van der Waals surface area contributed by atoms with Crippen LogP contribution in [0.25, 0.3) is 0 Å². The lowest BCUT2D eigenvalue weighted by Crippen LogP contribution is -2.36. The topological polar surface area (TPSA) is 30.9 Å². The summed E-state index contributed by atoms with van der Waals surface area (Å²) in [6, 6.07) is 0.363. The summed E-state index contributed by atoms with van der Waals surface area (Å²) in [7, 11) is 0. The van der Waals surface area contributed by atoms with Gasteiger partial charge in [-0.15, -0.1) is 0 Å². The van der Waals surface area contributed by atoms with Gasteiger partial charge in [0.2, 0.25) is 0 Å². The fourth-order valence-electron chi connectivity index (χ4n) is 1.40. The van der Waals surface area contributed by atoms with Crippen LogP contribution in [0.4, 0.5) is 0 Å². The Morgan fingerprint density at radius 1 is 1.57 bits per heavy atom. The molecule has 0 saturated carbocycles. The molecule has 0 fully saturated rings. The Morgan fingerprint density at radius 2 is 2.29 bits per heavy atom. The second-order valence-corrected chi connectivity index (χ2v) is 4.77. The number of halogens is 2. The van der Waals surface area contributed by atoms with E-state index in [1.165, 1.54) is 4.42 Å². The molecule has 2 rings (SSSR count). The van der Waals surface area contributed by atoms with Crippen LogP contribution in [0.2, 0.25) is 0 Å². The zero-order valence-corrected chi connectivity index (χ0v) is 10.7. The molecule has 4 nitrogen and oxygen atoms in total. The highest BCUT2D eigenvalue weighted by molar-refractivity contribution is 14.1. The van der Waals surface area contributed by atoms with Gasteiger partial charge in [-0.05, 0) is 36.4 Å². The van der Waals surface area contributed by atoms with Crippen LogP contribution in [0.3, 0.4) is 0 Å². The van der Waals surface area contributed by atoms with Crippen molar-refractivity contribution >= 4 is 40.7 Å². The molecule has 2 aliphatic heterocycles. The van der Waals surface area contributed by atoms with Crippen molar-refractivity contribution in [2.24, 2.45) is 4.99 Å². The van der Waals surface area contributed by atoms with Crippen molar-refractivity contribution in [1.29, 1.82) is 0 Å². The van der Waals surface area contributed by atoms with Gasteiger partial charge in [0.25, 0.3) is 0 Å². The third-order valence-corrected chi connectivity index (χ3v) is 3.03. The first-order valence-corrected chi connectivity index (χ1v) is 5.67. The Labute approximate surface area is 102 Å². The van der Waals surface area contributed by atoms with Crippen molar-refractivity contribution < 1.29 is 0 Å². The maximum atomic E-state index is 6.00. The highest BCUT2D eigenvalue weighted by atomic mass is 127. The van der Waals surface area contributed by atoms with Crippen LogP contribution >= 0.6 is 34.4 Å². The van der Waals surface area contributed by atoms with E-state index in [1.54, 1.807) is 6.34 Å². The van der Waals surface area contributed by atoms with Gasteiger partial charge in [0.1, 0.15) is 21.4 Å². The van der Waals surface area contributed by atoms with Crippen molar-refractivity contribution in [2.45, 2.75) is 19.9 Å². The number of nitrogens with zero attached hydrogens (tertiary/aromatic N) is 3. The molecule has 1 N–H and O–H groups in total. The van der Waals surface area contributed by atoms with Crippen LogP contribution in [0.15, 0.2) is 26.3 Å². The summed E-state index contributed by atoms with van der Waals surface area (Å²) in [5.74, 6) is 0. The van der Waals surface area contributed by atoms with E-state index in [2.05, 4.69) is 46.9 Å². The standard InChI is InChI=1S/C8H10ClIN4/c1-5(2)14-6-3-11-4-13(9)7(6)8(10)12-14/h3-5,12H,1-2H3. The zero-order chi connectivity index (χ0) is 10.3. The third kappa shape index (κ3) is 1.48. The molecule has 14 heavy (non-hydrogen) atoms. The van der Waals surface area contributed by atoms with E-state index in [9.17, 15) is 0 Å². The van der Waals surface area contributed by atoms with Crippen LogP contribution in [0.5, 0.6) is 0 Å². The van der Waals surface area contributed by atoms with Gasteiger partial charge in [-0.2, -0.15) is 0 Å². The van der Waals surface area contributed by atoms with E-state index in [0.29, 0.717) is 6.04 Å². The molecule has 6 heteroatoms. The Hall–Kier alpha value is -0.430. The number of hydrazine groups is 1. The van der Waals surface area contributed by atoms with Crippen LogP contribution in [-0.2, 0) is 0 Å². The number of aliphatic imine (C=N–C) groups is 1. The average Bonchev–Trinajstić information content (AvgIpc) is 2.45. The van der Waals surface area contributed by atoms with Crippen molar-refractivity contribution in [2.75, 3.05) is 0 Å². The number of hydrogen-bond donors (Lipinski definition) is 1. The second kappa shape index (κ2) is 3.62. The number of hydrogen-bond acceptors (Lipinski definition) is 4. The number of nitrogens with one attached hydrogen (secondary N) is 1. The van der Waals surface area contributed by atoms with E-state index < -0.39 is 0 Å². The zero-order valence-electron chi connectivity index (χ0n) is 7.83. The Morgan fingerprint density at radius 3 is 2.93 bits per heavy atom.